The SMILES string of the molecule is CN1CCN(Cc2ccsc2C(=O)O)c2ccccc21. The monoisotopic (exact) mass is 288 g/mol. The third-order valence-corrected chi connectivity index (χ3v) is 4.59. The Morgan fingerprint density at radius 1 is 1.25 bits per heavy atom. The van der Waals surface area contributed by atoms with Gasteiger partial charge in [0.25, 0.3) is 0 Å². The highest BCUT2D eigenvalue weighted by molar-refractivity contribution is 7.12. The number of carbonyl (C=O) groups is 1. The average molecular weight is 288 g/mol. The molecule has 1 N–H and O–H groups in total. The summed E-state index contributed by atoms with van der Waals surface area (Å²) in [5, 5.41) is 11.1. The van der Waals surface area contributed by atoms with E-state index in [4.69, 9.17) is 0 Å². The molecule has 3 rings (SSSR count). The number of benzene rings is 1. The van der Waals surface area contributed by atoms with Gasteiger partial charge < -0.3 is 14.9 Å². The molecular formula is C15H16N2O2S. The summed E-state index contributed by atoms with van der Waals surface area (Å²) >= 11 is 1.29. The van der Waals surface area contributed by atoms with Gasteiger partial charge in [-0.15, -0.1) is 11.3 Å². The molecule has 5 heteroatoms. The second-order valence-corrected chi connectivity index (χ2v) is 5.83. The van der Waals surface area contributed by atoms with Crippen molar-refractivity contribution in [1.29, 1.82) is 0 Å². The number of carboxylic acid groups (broad SMARTS) is 1. The van der Waals surface area contributed by atoms with Crippen molar-refractivity contribution in [2.24, 2.45) is 0 Å². The number of hydrogen-bond acceptors (Lipinski definition) is 4. The summed E-state index contributed by atoms with van der Waals surface area (Å²) < 4.78 is 0. The van der Waals surface area contributed by atoms with Crippen LogP contribution in [0.2, 0.25) is 0 Å². The summed E-state index contributed by atoms with van der Waals surface area (Å²) in [6.07, 6.45) is 0. The molecule has 4 nitrogen and oxygen atoms in total. The van der Waals surface area contributed by atoms with Crippen molar-refractivity contribution >= 4 is 28.7 Å². The Morgan fingerprint density at radius 2 is 2.00 bits per heavy atom. The first-order valence-corrected chi connectivity index (χ1v) is 7.39. The third-order valence-electron chi connectivity index (χ3n) is 3.64. The van der Waals surface area contributed by atoms with Gasteiger partial charge >= 0.3 is 5.97 Å². The first-order valence-electron chi connectivity index (χ1n) is 6.51. The van der Waals surface area contributed by atoms with Crippen molar-refractivity contribution in [1.82, 2.24) is 0 Å². The van der Waals surface area contributed by atoms with E-state index in [0.29, 0.717) is 11.4 Å². The molecule has 2 heterocycles. The van der Waals surface area contributed by atoms with E-state index in [1.165, 1.54) is 22.7 Å². The van der Waals surface area contributed by atoms with Gasteiger partial charge in [-0.3, -0.25) is 0 Å². The van der Waals surface area contributed by atoms with Gasteiger partial charge in [0.15, 0.2) is 0 Å². The van der Waals surface area contributed by atoms with E-state index in [0.717, 1.165) is 18.7 Å². The van der Waals surface area contributed by atoms with Crippen LogP contribution >= 0.6 is 11.3 Å². The molecule has 1 aromatic heterocycles. The molecule has 0 saturated carbocycles. The van der Waals surface area contributed by atoms with Gasteiger partial charge in [-0.25, -0.2) is 4.79 Å². The molecule has 0 bridgehead atoms. The fourth-order valence-electron chi connectivity index (χ4n) is 2.58. The molecule has 0 spiro atoms. The third kappa shape index (κ3) is 2.25. The van der Waals surface area contributed by atoms with Crippen molar-refractivity contribution in [2.75, 3.05) is 29.9 Å². The maximum absolute atomic E-state index is 11.2. The molecule has 0 radical (unpaired) electrons. The molecule has 20 heavy (non-hydrogen) atoms. The minimum atomic E-state index is -0.836. The van der Waals surface area contributed by atoms with Crippen molar-refractivity contribution in [3.63, 3.8) is 0 Å². The average Bonchev–Trinajstić information content (AvgIpc) is 2.91. The number of nitrogens with zero attached hydrogens (tertiary/aromatic N) is 2. The normalized spacial score (nSPS) is 14.2. The first-order chi connectivity index (χ1) is 9.66. The zero-order valence-electron chi connectivity index (χ0n) is 11.2. The number of rotatable bonds is 3. The Hall–Kier alpha value is -2.01. The Balaban J connectivity index is 1.91. The van der Waals surface area contributed by atoms with E-state index in [1.54, 1.807) is 0 Å². The first kappa shape index (κ1) is 13.0. The lowest BCUT2D eigenvalue weighted by Crippen LogP contribution is -2.38. The number of anilines is 2. The van der Waals surface area contributed by atoms with Gasteiger partial charge in [-0.05, 0) is 29.1 Å². The summed E-state index contributed by atoms with van der Waals surface area (Å²) in [6.45, 7) is 2.50. The summed E-state index contributed by atoms with van der Waals surface area (Å²) in [7, 11) is 2.09. The van der Waals surface area contributed by atoms with Crippen LogP contribution in [0.1, 0.15) is 15.2 Å². The van der Waals surface area contributed by atoms with Crippen molar-refractivity contribution in [3.05, 3.63) is 46.2 Å². The molecule has 0 fully saturated rings. The molecule has 1 aromatic carbocycles. The summed E-state index contributed by atoms with van der Waals surface area (Å²) in [5.41, 5.74) is 3.26. The number of likely N-dealkylation sites (N-methyl/N-ethyl adjacent to an activating group) is 1. The number of para-hydroxylation sites is 2. The maximum atomic E-state index is 11.2. The van der Waals surface area contributed by atoms with Crippen molar-refractivity contribution in [2.45, 2.75) is 6.54 Å². The quantitative estimate of drug-likeness (QED) is 0.943. The van der Waals surface area contributed by atoms with Crippen LogP contribution in [0.3, 0.4) is 0 Å². The van der Waals surface area contributed by atoms with Gasteiger partial charge in [-0.2, -0.15) is 0 Å². The standard InChI is InChI=1S/C15H16N2O2S/c1-16-7-8-17(13-5-3-2-4-12(13)16)10-11-6-9-20-14(11)15(18)19/h2-6,9H,7-8,10H2,1H3,(H,18,19). The summed E-state index contributed by atoms with van der Waals surface area (Å²) in [5.74, 6) is -0.836. The van der Waals surface area contributed by atoms with Crippen LogP contribution in [0.5, 0.6) is 0 Å². The lowest BCUT2D eigenvalue weighted by Gasteiger charge is -2.37. The van der Waals surface area contributed by atoms with E-state index in [9.17, 15) is 9.90 Å². The Labute approximate surface area is 121 Å². The number of fused-ring (bicyclic) bond motifs is 1. The fraction of sp³-hybridized carbons (Fsp3) is 0.267. The minimum Gasteiger partial charge on any atom is -0.477 e. The van der Waals surface area contributed by atoms with E-state index in [-0.39, 0.29) is 0 Å². The van der Waals surface area contributed by atoms with Crippen LogP contribution in [0, 0.1) is 0 Å². The molecule has 0 aliphatic carbocycles. The minimum absolute atomic E-state index is 0.446. The van der Waals surface area contributed by atoms with Gasteiger partial charge in [0, 0.05) is 26.7 Å². The van der Waals surface area contributed by atoms with Crippen LogP contribution < -0.4 is 9.80 Å². The largest absolute Gasteiger partial charge is 0.477 e. The number of thiophene rings is 1. The Bertz CT molecular complexity index is 638. The molecular weight excluding hydrogens is 272 g/mol. The second-order valence-electron chi connectivity index (χ2n) is 4.91. The van der Waals surface area contributed by atoms with Gasteiger partial charge in [0.2, 0.25) is 0 Å². The molecule has 0 amide bonds. The Morgan fingerprint density at radius 3 is 2.75 bits per heavy atom. The van der Waals surface area contributed by atoms with Crippen molar-refractivity contribution < 1.29 is 9.90 Å². The summed E-state index contributed by atoms with van der Waals surface area (Å²) in [6, 6.07) is 10.2. The predicted molar refractivity (Wildman–Crippen MR) is 82.0 cm³/mol. The highest BCUT2D eigenvalue weighted by Crippen LogP contribution is 2.33. The fourth-order valence-corrected chi connectivity index (χ4v) is 3.34. The van der Waals surface area contributed by atoms with Crippen LogP contribution in [0.25, 0.3) is 0 Å². The molecule has 0 atom stereocenters. The number of aromatic carboxylic acids is 1. The molecule has 0 unspecified atom stereocenters. The molecule has 1 aliphatic rings. The smallest absolute Gasteiger partial charge is 0.346 e. The second kappa shape index (κ2) is 5.17. The van der Waals surface area contributed by atoms with Crippen LogP contribution in [0.15, 0.2) is 35.7 Å². The van der Waals surface area contributed by atoms with Crippen LogP contribution in [-0.4, -0.2) is 31.2 Å². The van der Waals surface area contributed by atoms with Crippen molar-refractivity contribution in [3.8, 4) is 0 Å². The van der Waals surface area contributed by atoms with E-state index in [1.807, 2.05) is 23.6 Å². The number of carboxylic acids is 1. The van der Waals surface area contributed by atoms with E-state index in [2.05, 4.69) is 29.0 Å². The van der Waals surface area contributed by atoms with Gasteiger partial charge in [0.1, 0.15) is 4.88 Å². The van der Waals surface area contributed by atoms with E-state index >= 15 is 0 Å². The number of hydrogen-bond donors (Lipinski definition) is 1. The maximum Gasteiger partial charge on any atom is 0.346 e. The van der Waals surface area contributed by atoms with E-state index < -0.39 is 5.97 Å². The molecule has 2 aromatic rings. The van der Waals surface area contributed by atoms with Crippen LogP contribution in [-0.2, 0) is 6.54 Å². The highest BCUT2D eigenvalue weighted by atomic mass is 32.1. The lowest BCUT2D eigenvalue weighted by atomic mass is 10.1. The summed E-state index contributed by atoms with van der Waals surface area (Å²) in [4.78, 5) is 16.1. The topological polar surface area (TPSA) is 43.8 Å². The highest BCUT2D eigenvalue weighted by Gasteiger charge is 2.22. The van der Waals surface area contributed by atoms with Gasteiger partial charge in [-0.1, -0.05) is 12.1 Å². The molecule has 0 saturated heterocycles. The Kier molecular flexibility index (Phi) is 3.36. The predicted octanol–water partition coefficient (Wildman–Crippen LogP) is 2.90. The molecule has 1 aliphatic heterocycles. The zero-order valence-corrected chi connectivity index (χ0v) is 12.1. The molecule has 104 valence electrons. The van der Waals surface area contributed by atoms with Crippen LogP contribution in [0.4, 0.5) is 11.4 Å². The van der Waals surface area contributed by atoms with Gasteiger partial charge in [0.05, 0.1) is 11.4 Å². The lowest BCUT2D eigenvalue weighted by molar-refractivity contribution is 0.0701. The zero-order chi connectivity index (χ0) is 14.1.